The molecule has 1 aromatic carbocycles. The molecule has 0 saturated heterocycles. The van der Waals surface area contributed by atoms with E-state index in [0.29, 0.717) is 12.4 Å². The molecule has 0 heterocycles. The Hall–Kier alpha value is -2.04. The summed E-state index contributed by atoms with van der Waals surface area (Å²) < 4.78 is 16.4. The van der Waals surface area contributed by atoms with Crippen LogP contribution in [0.25, 0.3) is 0 Å². The van der Waals surface area contributed by atoms with Crippen molar-refractivity contribution in [1.82, 2.24) is 0 Å². The van der Waals surface area contributed by atoms with Crippen molar-refractivity contribution in [2.75, 3.05) is 6.61 Å². The third kappa shape index (κ3) is 8.37. The molecule has 0 fully saturated rings. The van der Waals surface area contributed by atoms with Crippen LogP contribution in [0.5, 0.6) is 17.2 Å². The summed E-state index contributed by atoms with van der Waals surface area (Å²) in [4.78, 5) is 23.3. The summed E-state index contributed by atoms with van der Waals surface area (Å²) in [6, 6.07) is 5.05. The Morgan fingerprint density at radius 2 is 1.35 bits per heavy atom. The zero-order valence-corrected chi connectivity index (χ0v) is 16.3. The summed E-state index contributed by atoms with van der Waals surface area (Å²) in [5, 5.41) is 0. The van der Waals surface area contributed by atoms with E-state index < -0.39 is 5.97 Å². The first-order valence-corrected chi connectivity index (χ1v) is 9.79. The normalized spacial score (nSPS) is 10.4. The van der Waals surface area contributed by atoms with Crippen LogP contribution < -0.4 is 14.2 Å². The van der Waals surface area contributed by atoms with Crippen molar-refractivity contribution in [3.8, 4) is 17.2 Å². The molecular formula is C21H32O5. The molecule has 146 valence electrons. The second-order valence-corrected chi connectivity index (χ2v) is 6.21. The number of rotatable bonds is 13. The van der Waals surface area contributed by atoms with Gasteiger partial charge in [0.2, 0.25) is 5.75 Å². The lowest BCUT2D eigenvalue weighted by Gasteiger charge is -2.15. The number of para-hydroxylation sites is 1. The van der Waals surface area contributed by atoms with Gasteiger partial charge in [-0.05, 0) is 18.6 Å². The molecule has 0 amide bonds. The van der Waals surface area contributed by atoms with Gasteiger partial charge in [0, 0.05) is 12.8 Å². The van der Waals surface area contributed by atoms with Crippen LogP contribution in [0, 0.1) is 0 Å². The van der Waals surface area contributed by atoms with Crippen LogP contribution in [0.1, 0.15) is 78.6 Å². The van der Waals surface area contributed by atoms with E-state index in [9.17, 15) is 9.59 Å². The van der Waals surface area contributed by atoms with Crippen LogP contribution in [0.3, 0.4) is 0 Å². The molecule has 5 nitrogen and oxygen atoms in total. The predicted octanol–water partition coefficient (Wildman–Crippen LogP) is 5.45. The van der Waals surface area contributed by atoms with E-state index in [4.69, 9.17) is 14.2 Å². The number of benzene rings is 1. The van der Waals surface area contributed by atoms with E-state index in [1.807, 2.05) is 0 Å². The second-order valence-electron chi connectivity index (χ2n) is 6.21. The van der Waals surface area contributed by atoms with Crippen molar-refractivity contribution < 1.29 is 23.8 Å². The predicted molar refractivity (Wildman–Crippen MR) is 102 cm³/mol. The first-order valence-electron chi connectivity index (χ1n) is 9.79. The number of esters is 2. The molecule has 26 heavy (non-hydrogen) atoms. The largest absolute Gasteiger partial charge is 0.490 e. The first-order chi connectivity index (χ1) is 12.6. The number of unbranched alkanes of at least 4 members (excludes halogenated alkanes) is 6. The Balaban J connectivity index is 2.63. The Bertz CT molecular complexity index is 553. The minimum atomic E-state index is -0.397. The van der Waals surface area contributed by atoms with Crippen molar-refractivity contribution >= 4 is 11.9 Å². The third-order valence-electron chi connectivity index (χ3n) is 3.97. The smallest absolute Gasteiger partial charge is 0.311 e. The highest BCUT2D eigenvalue weighted by Gasteiger charge is 2.17. The van der Waals surface area contributed by atoms with Gasteiger partial charge >= 0.3 is 11.9 Å². The average Bonchev–Trinajstić information content (AvgIpc) is 2.65. The molecule has 1 aromatic rings. The van der Waals surface area contributed by atoms with Gasteiger partial charge in [0.25, 0.3) is 0 Å². The van der Waals surface area contributed by atoms with Crippen LogP contribution in [0.2, 0.25) is 0 Å². The summed E-state index contributed by atoms with van der Waals surface area (Å²) in [6.45, 7) is 6.17. The van der Waals surface area contributed by atoms with E-state index in [2.05, 4.69) is 6.92 Å². The number of hydrogen-bond acceptors (Lipinski definition) is 5. The first kappa shape index (κ1) is 22.0. The van der Waals surface area contributed by atoms with Gasteiger partial charge in [-0.15, -0.1) is 0 Å². The standard InChI is InChI=1S/C21H32O5/c1-4-7-8-9-10-11-12-16-24-17-14-13-15-18(25-19(22)5-2)21(17)26-20(23)6-3/h13-15H,4-12,16H2,1-3H3. The topological polar surface area (TPSA) is 61.8 Å². The lowest BCUT2D eigenvalue weighted by atomic mass is 10.1. The average molecular weight is 364 g/mol. The molecule has 0 N–H and O–H groups in total. The third-order valence-corrected chi connectivity index (χ3v) is 3.97. The zero-order chi connectivity index (χ0) is 19.2. The monoisotopic (exact) mass is 364 g/mol. The van der Waals surface area contributed by atoms with Crippen molar-refractivity contribution in [2.24, 2.45) is 0 Å². The molecule has 0 aromatic heterocycles. The maximum absolute atomic E-state index is 11.7. The summed E-state index contributed by atoms with van der Waals surface area (Å²) in [6.07, 6.45) is 8.82. The highest BCUT2D eigenvalue weighted by Crippen LogP contribution is 2.38. The molecule has 0 radical (unpaired) electrons. The Morgan fingerprint density at radius 1 is 0.769 bits per heavy atom. The summed E-state index contributed by atoms with van der Waals surface area (Å²) in [7, 11) is 0. The SMILES string of the molecule is CCCCCCCCCOc1cccc(OC(=O)CC)c1OC(=O)CC. The molecule has 0 unspecified atom stereocenters. The fraction of sp³-hybridized carbons (Fsp3) is 0.619. The summed E-state index contributed by atoms with van der Waals surface area (Å²) >= 11 is 0. The van der Waals surface area contributed by atoms with Crippen LogP contribution in [0.15, 0.2) is 18.2 Å². The fourth-order valence-corrected chi connectivity index (χ4v) is 2.41. The molecule has 0 bridgehead atoms. The van der Waals surface area contributed by atoms with Crippen molar-refractivity contribution in [2.45, 2.75) is 78.6 Å². The molecule has 0 atom stereocenters. The number of hydrogen-bond donors (Lipinski definition) is 0. The van der Waals surface area contributed by atoms with Crippen LogP contribution in [-0.4, -0.2) is 18.5 Å². The molecule has 0 aliphatic carbocycles. The molecule has 1 rings (SSSR count). The number of carbonyl (C=O) groups excluding carboxylic acids is 2. The molecule has 0 aliphatic rings. The lowest BCUT2D eigenvalue weighted by Crippen LogP contribution is -2.12. The van der Waals surface area contributed by atoms with Crippen LogP contribution in [0.4, 0.5) is 0 Å². The molecular weight excluding hydrogens is 332 g/mol. The van der Waals surface area contributed by atoms with Crippen molar-refractivity contribution in [1.29, 1.82) is 0 Å². The molecule has 0 saturated carbocycles. The minimum Gasteiger partial charge on any atom is -0.490 e. The zero-order valence-electron chi connectivity index (χ0n) is 16.3. The Kier molecular flexibility index (Phi) is 11.2. The Morgan fingerprint density at radius 3 is 2.00 bits per heavy atom. The van der Waals surface area contributed by atoms with E-state index in [1.165, 1.54) is 32.1 Å². The van der Waals surface area contributed by atoms with Crippen LogP contribution in [-0.2, 0) is 9.59 Å². The summed E-state index contributed by atoms with van der Waals surface area (Å²) in [5.41, 5.74) is 0. The highest BCUT2D eigenvalue weighted by atomic mass is 16.6. The van der Waals surface area contributed by atoms with E-state index in [-0.39, 0.29) is 30.3 Å². The van der Waals surface area contributed by atoms with Gasteiger partial charge in [-0.3, -0.25) is 9.59 Å². The second kappa shape index (κ2) is 13.2. The van der Waals surface area contributed by atoms with Gasteiger partial charge in [0.05, 0.1) is 6.61 Å². The molecule has 0 aliphatic heterocycles. The van der Waals surface area contributed by atoms with Crippen molar-refractivity contribution in [3.63, 3.8) is 0 Å². The van der Waals surface area contributed by atoms with Gasteiger partial charge in [0.15, 0.2) is 11.5 Å². The van der Waals surface area contributed by atoms with E-state index >= 15 is 0 Å². The summed E-state index contributed by atoms with van der Waals surface area (Å²) in [5.74, 6) is 0.0489. The molecule has 5 heteroatoms. The van der Waals surface area contributed by atoms with Gasteiger partial charge in [0.1, 0.15) is 0 Å². The number of ether oxygens (including phenoxy) is 3. The maximum Gasteiger partial charge on any atom is 0.311 e. The van der Waals surface area contributed by atoms with Gasteiger partial charge in [-0.2, -0.15) is 0 Å². The Labute approximate surface area is 157 Å². The quantitative estimate of drug-likeness (QED) is 0.265. The van der Waals surface area contributed by atoms with Crippen molar-refractivity contribution in [3.05, 3.63) is 18.2 Å². The van der Waals surface area contributed by atoms with E-state index in [0.717, 1.165) is 12.8 Å². The fourth-order valence-electron chi connectivity index (χ4n) is 2.41. The molecule has 0 spiro atoms. The van der Waals surface area contributed by atoms with Gasteiger partial charge in [-0.1, -0.05) is 65.4 Å². The van der Waals surface area contributed by atoms with Gasteiger partial charge in [-0.25, -0.2) is 0 Å². The minimum absolute atomic E-state index is 0.184. The maximum atomic E-state index is 11.7. The highest BCUT2D eigenvalue weighted by molar-refractivity contribution is 5.77. The lowest BCUT2D eigenvalue weighted by molar-refractivity contribution is -0.136. The van der Waals surface area contributed by atoms with E-state index in [1.54, 1.807) is 32.0 Å². The van der Waals surface area contributed by atoms with Gasteiger partial charge < -0.3 is 14.2 Å². The number of carbonyl (C=O) groups is 2. The van der Waals surface area contributed by atoms with Crippen LogP contribution >= 0.6 is 0 Å².